The molecule has 2 aliphatic rings. The Morgan fingerprint density at radius 3 is 2.93 bits per heavy atom. The normalized spacial score (nSPS) is 19.1. The lowest BCUT2D eigenvalue weighted by Crippen LogP contribution is -2.28. The molecule has 0 bridgehead atoms. The van der Waals surface area contributed by atoms with Gasteiger partial charge in [0.2, 0.25) is 5.91 Å². The van der Waals surface area contributed by atoms with Crippen LogP contribution in [0.25, 0.3) is 0 Å². The van der Waals surface area contributed by atoms with Gasteiger partial charge >= 0.3 is 0 Å². The predicted octanol–water partition coefficient (Wildman–Crippen LogP) is 5.38. The average Bonchev–Trinajstić information content (AvgIpc) is 2.76. The molecule has 3 unspecified atom stereocenters. The van der Waals surface area contributed by atoms with Crippen molar-refractivity contribution in [3.63, 3.8) is 0 Å². The van der Waals surface area contributed by atoms with Gasteiger partial charge in [0.1, 0.15) is 11.9 Å². The second kappa shape index (κ2) is 12.2. The molecule has 0 fully saturated rings. The number of dihydropyridines is 1. The van der Waals surface area contributed by atoms with Crippen LogP contribution in [0.15, 0.2) is 52.4 Å². The molecular formula is C25H35N3O2. The fourth-order valence-corrected chi connectivity index (χ4v) is 3.66. The van der Waals surface area contributed by atoms with Crippen LogP contribution in [0.1, 0.15) is 65.7 Å². The van der Waals surface area contributed by atoms with Crippen molar-refractivity contribution in [1.29, 1.82) is 5.26 Å². The summed E-state index contributed by atoms with van der Waals surface area (Å²) in [6, 6.07) is 2.21. The van der Waals surface area contributed by atoms with Gasteiger partial charge in [-0.1, -0.05) is 19.1 Å². The fraction of sp³-hybridized carbons (Fsp3) is 0.560. The molecule has 0 radical (unpaired) electrons. The van der Waals surface area contributed by atoms with E-state index < -0.39 is 0 Å². The van der Waals surface area contributed by atoms with Crippen LogP contribution in [0.2, 0.25) is 0 Å². The number of carbonyl (C=O) groups excluding carboxylic acids is 1. The lowest BCUT2D eigenvalue weighted by atomic mass is 9.92. The number of ether oxygens (including phenoxy) is 1. The second-order valence-corrected chi connectivity index (χ2v) is 8.11. The predicted molar refractivity (Wildman–Crippen MR) is 122 cm³/mol. The third kappa shape index (κ3) is 7.02. The van der Waals surface area contributed by atoms with Crippen molar-refractivity contribution < 1.29 is 9.53 Å². The molecule has 5 heteroatoms. The zero-order valence-corrected chi connectivity index (χ0v) is 18.6. The number of carbonyl (C=O) groups is 1. The number of rotatable bonds is 11. The molecule has 2 rings (SSSR count). The average molecular weight is 410 g/mol. The summed E-state index contributed by atoms with van der Waals surface area (Å²) in [5, 5.41) is 11.9. The largest absolute Gasteiger partial charge is 0.490 e. The molecule has 3 atom stereocenters. The number of hydrogen-bond donors (Lipinski definition) is 1. The molecule has 1 heterocycles. The molecule has 5 nitrogen and oxygen atoms in total. The Morgan fingerprint density at radius 2 is 2.23 bits per heavy atom. The van der Waals surface area contributed by atoms with Gasteiger partial charge in [0, 0.05) is 36.4 Å². The molecule has 0 aromatic heterocycles. The summed E-state index contributed by atoms with van der Waals surface area (Å²) >= 11 is 0. The van der Waals surface area contributed by atoms with Gasteiger partial charge in [-0.15, -0.1) is 6.58 Å². The highest BCUT2D eigenvalue weighted by atomic mass is 16.5. The maximum Gasteiger partial charge on any atom is 0.231 e. The van der Waals surface area contributed by atoms with Crippen molar-refractivity contribution in [3.8, 4) is 6.07 Å². The van der Waals surface area contributed by atoms with Gasteiger partial charge in [-0.05, 0) is 64.0 Å². The summed E-state index contributed by atoms with van der Waals surface area (Å²) in [7, 11) is 0. The molecule has 30 heavy (non-hydrogen) atoms. The highest BCUT2D eigenvalue weighted by Crippen LogP contribution is 2.31. The Labute approximate surface area is 181 Å². The van der Waals surface area contributed by atoms with Crippen LogP contribution in [-0.4, -0.2) is 24.8 Å². The second-order valence-electron chi connectivity index (χ2n) is 8.11. The third-order valence-corrected chi connectivity index (χ3v) is 5.68. The SMILES string of the molecule is C=CC(CCC(C)C#N)C(=O)N/C(C)=C/CC(CC)OC1=CCCC2=C1CCN=C2. The quantitative estimate of drug-likeness (QED) is 0.465. The lowest BCUT2D eigenvalue weighted by Gasteiger charge is -2.26. The summed E-state index contributed by atoms with van der Waals surface area (Å²) < 4.78 is 6.35. The Bertz CT molecular complexity index is 783. The maximum absolute atomic E-state index is 12.5. The van der Waals surface area contributed by atoms with E-state index in [0.29, 0.717) is 12.8 Å². The van der Waals surface area contributed by atoms with E-state index in [0.717, 1.165) is 50.1 Å². The van der Waals surface area contributed by atoms with Gasteiger partial charge < -0.3 is 10.1 Å². The smallest absolute Gasteiger partial charge is 0.231 e. The van der Waals surface area contributed by atoms with Crippen LogP contribution in [0, 0.1) is 23.2 Å². The zero-order chi connectivity index (χ0) is 21.9. The minimum absolute atomic E-state index is 0.0560. The molecule has 0 saturated heterocycles. The van der Waals surface area contributed by atoms with E-state index in [1.54, 1.807) is 6.08 Å². The maximum atomic E-state index is 12.5. The van der Waals surface area contributed by atoms with Crippen molar-refractivity contribution in [2.75, 3.05) is 6.54 Å². The molecule has 1 N–H and O–H groups in total. The minimum Gasteiger partial charge on any atom is -0.490 e. The topological polar surface area (TPSA) is 74.5 Å². The van der Waals surface area contributed by atoms with Crippen LogP contribution < -0.4 is 5.32 Å². The Kier molecular flexibility index (Phi) is 9.60. The van der Waals surface area contributed by atoms with E-state index in [1.807, 2.05) is 26.1 Å². The van der Waals surface area contributed by atoms with Crippen molar-refractivity contribution >= 4 is 12.1 Å². The molecule has 162 valence electrons. The van der Waals surface area contributed by atoms with Crippen molar-refractivity contribution in [1.82, 2.24) is 5.32 Å². The van der Waals surface area contributed by atoms with Crippen LogP contribution in [0.5, 0.6) is 0 Å². The minimum atomic E-state index is -0.284. The van der Waals surface area contributed by atoms with Crippen molar-refractivity contribution in [3.05, 3.63) is 47.4 Å². The van der Waals surface area contributed by atoms with Crippen LogP contribution in [-0.2, 0) is 9.53 Å². The number of nitriles is 1. The molecule has 0 spiro atoms. The Balaban J connectivity index is 1.89. The summed E-state index contributed by atoms with van der Waals surface area (Å²) in [4.78, 5) is 16.9. The highest BCUT2D eigenvalue weighted by Gasteiger charge is 2.21. The summed E-state index contributed by atoms with van der Waals surface area (Å²) in [5.74, 6) is 0.611. The van der Waals surface area contributed by atoms with Gasteiger partial charge in [-0.3, -0.25) is 9.79 Å². The summed E-state index contributed by atoms with van der Waals surface area (Å²) in [6.07, 6.45) is 13.9. The summed E-state index contributed by atoms with van der Waals surface area (Å²) in [6.45, 7) is 10.5. The molecule has 1 aliphatic heterocycles. The van der Waals surface area contributed by atoms with Crippen LogP contribution >= 0.6 is 0 Å². The first-order chi connectivity index (χ1) is 14.5. The van der Waals surface area contributed by atoms with E-state index in [-0.39, 0.29) is 23.8 Å². The van der Waals surface area contributed by atoms with Gasteiger partial charge in [0.25, 0.3) is 0 Å². The number of nitrogens with zero attached hydrogens (tertiary/aromatic N) is 2. The highest BCUT2D eigenvalue weighted by molar-refractivity contribution is 5.82. The van der Waals surface area contributed by atoms with Gasteiger partial charge in [-0.25, -0.2) is 0 Å². The number of amides is 1. The number of allylic oxidation sites excluding steroid dienone is 4. The molecular weight excluding hydrogens is 374 g/mol. The lowest BCUT2D eigenvalue weighted by molar-refractivity contribution is -0.123. The van der Waals surface area contributed by atoms with E-state index in [1.165, 1.54) is 11.1 Å². The molecule has 1 amide bonds. The first kappa shape index (κ1) is 23.7. The van der Waals surface area contributed by atoms with Crippen LogP contribution in [0.3, 0.4) is 0 Å². The number of aliphatic imine (C=N–C) groups is 1. The van der Waals surface area contributed by atoms with E-state index >= 15 is 0 Å². The number of hydrogen-bond acceptors (Lipinski definition) is 4. The molecule has 0 aromatic carbocycles. The van der Waals surface area contributed by atoms with Crippen molar-refractivity contribution in [2.45, 2.75) is 71.8 Å². The molecule has 0 aromatic rings. The number of nitrogens with one attached hydrogen (secondary N) is 1. The third-order valence-electron chi connectivity index (χ3n) is 5.68. The first-order valence-corrected chi connectivity index (χ1v) is 11.1. The van der Waals surface area contributed by atoms with E-state index in [9.17, 15) is 4.79 Å². The van der Waals surface area contributed by atoms with Gasteiger partial charge in [0.15, 0.2) is 0 Å². The first-order valence-electron chi connectivity index (χ1n) is 11.1. The van der Waals surface area contributed by atoms with E-state index in [2.05, 4.69) is 36.0 Å². The molecule has 1 aliphatic carbocycles. The molecule has 0 saturated carbocycles. The Hall–Kier alpha value is -2.61. The monoisotopic (exact) mass is 409 g/mol. The zero-order valence-electron chi connectivity index (χ0n) is 18.6. The van der Waals surface area contributed by atoms with Gasteiger partial charge in [0.05, 0.1) is 12.0 Å². The van der Waals surface area contributed by atoms with E-state index in [4.69, 9.17) is 10.00 Å². The van der Waals surface area contributed by atoms with Crippen molar-refractivity contribution in [2.24, 2.45) is 16.8 Å². The van der Waals surface area contributed by atoms with Gasteiger partial charge in [-0.2, -0.15) is 5.26 Å². The Morgan fingerprint density at radius 1 is 1.43 bits per heavy atom. The standard InChI is InChI=1S/C25H35N3O2/c1-5-20(12-10-18(3)16-26)25(29)28-19(4)11-13-22(6-2)30-24-9-7-8-21-17-27-15-14-23(21)24/h5,9,11,17-18,20,22H,1,6-8,10,12-15H2,2-4H3,(H,28,29)/b19-11+. The fourth-order valence-electron chi connectivity index (χ4n) is 3.66. The van der Waals surface area contributed by atoms with Crippen LogP contribution in [0.4, 0.5) is 0 Å². The summed E-state index contributed by atoms with van der Waals surface area (Å²) in [5.41, 5.74) is 3.45.